The second kappa shape index (κ2) is 6.61. The SMILES string of the molecule is CC(C)C(CNC(CN)C1CCC1)C(C)C. The van der Waals surface area contributed by atoms with Crippen molar-refractivity contribution in [2.45, 2.75) is 53.0 Å². The van der Waals surface area contributed by atoms with Gasteiger partial charge in [-0.3, -0.25) is 0 Å². The van der Waals surface area contributed by atoms with E-state index in [0.717, 1.165) is 36.8 Å². The van der Waals surface area contributed by atoms with Crippen LogP contribution >= 0.6 is 0 Å². The molecule has 0 bridgehead atoms. The maximum atomic E-state index is 5.86. The highest BCUT2D eigenvalue weighted by atomic mass is 14.9. The Morgan fingerprint density at radius 1 is 1.12 bits per heavy atom. The van der Waals surface area contributed by atoms with E-state index in [2.05, 4.69) is 33.0 Å². The summed E-state index contributed by atoms with van der Waals surface area (Å²) in [4.78, 5) is 0. The summed E-state index contributed by atoms with van der Waals surface area (Å²) in [5, 5.41) is 3.71. The first-order chi connectivity index (χ1) is 7.56. The molecule has 0 spiro atoms. The number of hydrogen-bond donors (Lipinski definition) is 2. The normalized spacial score (nSPS) is 19.5. The van der Waals surface area contributed by atoms with Gasteiger partial charge in [-0.1, -0.05) is 34.1 Å². The lowest BCUT2D eigenvalue weighted by Crippen LogP contribution is -2.47. The third-order valence-electron chi connectivity index (χ3n) is 4.30. The number of nitrogens with one attached hydrogen (secondary N) is 1. The molecule has 1 unspecified atom stereocenters. The number of nitrogens with two attached hydrogens (primary N) is 1. The lowest BCUT2D eigenvalue weighted by Gasteiger charge is -2.36. The van der Waals surface area contributed by atoms with Crippen LogP contribution in [0.3, 0.4) is 0 Å². The zero-order chi connectivity index (χ0) is 12.1. The van der Waals surface area contributed by atoms with Crippen LogP contribution in [-0.2, 0) is 0 Å². The van der Waals surface area contributed by atoms with Crippen LogP contribution in [0.25, 0.3) is 0 Å². The molecular weight excluding hydrogens is 196 g/mol. The van der Waals surface area contributed by atoms with E-state index >= 15 is 0 Å². The molecule has 1 atom stereocenters. The van der Waals surface area contributed by atoms with E-state index in [1.807, 2.05) is 0 Å². The molecule has 1 aliphatic carbocycles. The molecule has 2 heteroatoms. The van der Waals surface area contributed by atoms with Crippen molar-refractivity contribution in [3.05, 3.63) is 0 Å². The Balaban J connectivity index is 2.34. The Morgan fingerprint density at radius 3 is 2.00 bits per heavy atom. The molecule has 16 heavy (non-hydrogen) atoms. The summed E-state index contributed by atoms with van der Waals surface area (Å²) in [5.74, 6) is 3.14. The van der Waals surface area contributed by atoms with Gasteiger partial charge in [0.15, 0.2) is 0 Å². The third-order valence-corrected chi connectivity index (χ3v) is 4.30. The van der Waals surface area contributed by atoms with Crippen molar-refractivity contribution >= 4 is 0 Å². The fraction of sp³-hybridized carbons (Fsp3) is 1.00. The molecule has 1 fully saturated rings. The van der Waals surface area contributed by atoms with E-state index in [-0.39, 0.29) is 0 Å². The fourth-order valence-corrected chi connectivity index (χ4v) is 2.81. The Hall–Kier alpha value is -0.0800. The summed E-state index contributed by atoms with van der Waals surface area (Å²) in [7, 11) is 0. The molecule has 0 aromatic rings. The molecule has 0 aromatic carbocycles. The summed E-state index contributed by atoms with van der Waals surface area (Å²) in [6.45, 7) is 11.2. The predicted molar refractivity (Wildman–Crippen MR) is 71.4 cm³/mol. The van der Waals surface area contributed by atoms with Crippen molar-refractivity contribution < 1.29 is 0 Å². The quantitative estimate of drug-likeness (QED) is 0.700. The van der Waals surface area contributed by atoms with Crippen LogP contribution in [-0.4, -0.2) is 19.1 Å². The second-order valence-electron chi connectivity index (χ2n) is 6.09. The average Bonchev–Trinajstić information content (AvgIpc) is 2.12. The van der Waals surface area contributed by atoms with Gasteiger partial charge >= 0.3 is 0 Å². The fourth-order valence-electron chi connectivity index (χ4n) is 2.81. The third kappa shape index (κ3) is 3.74. The Morgan fingerprint density at radius 2 is 1.69 bits per heavy atom. The van der Waals surface area contributed by atoms with Gasteiger partial charge in [-0.05, 0) is 43.1 Å². The van der Waals surface area contributed by atoms with Gasteiger partial charge in [0, 0.05) is 12.6 Å². The predicted octanol–water partition coefficient (Wildman–Crippen LogP) is 2.63. The van der Waals surface area contributed by atoms with Gasteiger partial charge in [-0.2, -0.15) is 0 Å². The van der Waals surface area contributed by atoms with Crippen LogP contribution in [0.15, 0.2) is 0 Å². The van der Waals surface area contributed by atoms with Crippen LogP contribution in [0.5, 0.6) is 0 Å². The maximum absolute atomic E-state index is 5.86. The van der Waals surface area contributed by atoms with Crippen molar-refractivity contribution in [2.24, 2.45) is 29.4 Å². The minimum Gasteiger partial charge on any atom is -0.329 e. The average molecular weight is 226 g/mol. The zero-order valence-corrected chi connectivity index (χ0v) is 11.5. The Bertz CT molecular complexity index is 177. The molecule has 0 saturated heterocycles. The molecule has 1 saturated carbocycles. The molecular formula is C14H30N2. The van der Waals surface area contributed by atoms with Crippen LogP contribution < -0.4 is 11.1 Å². The molecule has 2 nitrogen and oxygen atoms in total. The topological polar surface area (TPSA) is 38.0 Å². The lowest BCUT2D eigenvalue weighted by atomic mass is 9.79. The van der Waals surface area contributed by atoms with Gasteiger partial charge in [0.1, 0.15) is 0 Å². The van der Waals surface area contributed by atoms with Gasteiger partial charge in [0.25, 0.3) is 0 Å². The standard InChI is InChI=1S/C14H30N2/c1-10(2)13(11(3)4)9-16-14(8-15)12-6-5-7-12/h10-14,16H,5-9,15H2,1-4H3. The summed E-state index contributed by atoms with van der Waals surface area (Å²) >= 11 is 0. The van der Waals surface area contributed by atoms with Gasteiger partial charge in [0.2, 0.25) is 0 Å². The first-order valence-electron chi connectivity index (χ1n) is 6.99. The van der Waals surface area contributed by atoms with Gasteiger partial charge in [-0.25, -0.2) is 0 Å². The molecule has 0 aliphatic heterocycles. The van der Waals surface area contributed by atoms with Crippen molar-refractivity contribution in [1.82, 2.24) is 5.32 Å². The molecule has 0 heterocycles. The summed E-state index contributed by atoms with van der Waals surface area (Å²) < 4.78 is 0. The molecule has 1 aliphatic rings. The molecule has 3 N–H and O–H groups in total. The first kappa shape index (κ1) is 14.0. The van der Waals surface area contributed by atoms with Crippen LogP contribution in [0.2, 0.25) is 0 Å². The monoisotopic (exact) mass is 226 g/mol. The molecule has 0 radical (unpaired) electrons. The van der Waals surface area contributed by atoms with E-state index in [0.29, 0.717) is 6.04 Å². The molecule has 0 aromatic heterocycles. The summed E-state index contributed by atoms with van der Waals surface area (Å²) in [6.07, 6.45) is 4.16. The molecule has 96 valence electrons. The minimum atomic E-state index is 0.564. The highest BCUT2D eigenvalue weighted by Gasteiger charge is 2.27. The van der Waals surface area contributed by atoms with E-state index < -0.39 is 0 Å². The summed E-state index contributed by atoms with van der Waals surface area (Å²) in [6, 6.07) is 0.564. The first-order valence-corrected chi connectivity index (χ1v) is 6.99. The number of rotatable bonds is 7. The van der Waals surface area contributed by atoms with Crippen molar-refractivity contribution in [3.8, 4) is 0 Å². The minimum absolute atomic E-state index is 0.564. The summed E-state index contributed by atoms with van der Waals surface area (Å²) in [5.41, 5.74) is 5.86. The van der Waals surface area contributed by atoms with Crippen molar-refractivity contribution in [1.29, 1.82) is 0 Å². The Labute approximate surface area is 101 Å². The highest BCUT2D eigenvalue weighted by Crippen LogP contribution is 2.29. The van der Waals surface area contributed by atoms with Crippen molar-refractivity contribution in [2.75, 3.05) is 13.1 Å². The van der Waals surface area contributed by atoms with Crippen LogP contribution in [0.4, 0.5) is 0 Å². The van der Waals surface area contributed by atoms with Gasteiger partial charge in [-0.15, -0.1) is 0 Å². The second-order valence-corrected chi connectivity index (χ2v) is 6.09. The molecule has 0 amide bonds. The maximum Gasteiger partial charge on any atom is 0.0218 e. The molecule has 1 rings (SSSR count). The van der Waals surface area contributed by atoms with E-state index in [9.17, 15) is 0 Å². The van der Waals surface area contributed by atoms with E-state index in [1.165, 1.54) is 19.3 Å². The number of hydrogen-bond acceptors (Lipinski definition) is 2. The lowest BCUT2D eigenvalue weighted by molar-refractivity contribution is 0.202. The van der Waals surface area contributed by atoms with Gasteiger partial charge < -0.3 is 11.1 Å². The Kier molecular flexibility index (Phi) is 5.77. The van der Waals surface area contributed by atoms with Gasteiger partial charge in [0.05, 0.1) is 0 Å². The van der Waals surface area contributed by atoms with Crippen molar-refractivity contribution in [3.63, 3.8) is 0 Å². The van der Waals surface area contributed by atoms with E-state index in [4.69, 9.17) is 5.73 Å². The van der Waals surface area contributed by atoms with E-state index in [1.54, 1.807) is 0 Å². The highest BCUT2D eigenvalue weighted by molar-refractivity contribution is 4.84. The van der Waals surface area contributed by atoms with Crippen LogP contribution in [0, 0.1) is 23.7 Å². The van der Waals surface area contributed by atoms with Crippen LogP contribution in [0.1, 0.15) is 47.0 Å². The zero-order valence-electron chi connectivity index (χ0n) is 11.5. The largest absolute Gasteiger partial charge is 0.329 e. The smallest absolute Gasteiger partial charge is 0.0218 e.